The van der Waals surface area contributed by atoms with E-state index in [1.54, 1.807) is 0 Å². The van der Waals surface area contributed by atoms with Gasteiger partial charge in [0.05, 0.1) is 6.42 Å². The number of esters is 1. The first-order valence-electron chi connectivity index (χ1n) is 8.50. The molecule has 1 amide bonds. The van der Waals surface area contributed by atoms with E-state index < -0.39 is 0 Å². The third-order valence-electron chi connectivity index (χ3n) is 4.74. The van der Waals surface area contributed by atoms with Crippen LogP contribution in [0.25, 0.3) is 0 Å². The van der Waals surface area contributed by atoms with Crippen molar-refractivity contribution >= 4 is 17.6 Å². The van der Waals surface area contributed by atoms with Gasteiger partial charge in [0.1, 0.15) is 6.10 Å². The molecular weight excluding hydrogens is 290 g/mol. The molecule has 4 heteroatoms. The molecule has 1 aromatic rings. The molecule has 1 N–H and O–H groups in total. The van der Waals surface area contributed by atoms with Crippen molar-refractivity contribution in [2.45, 2.75) is 59.0 Å². The molecule has 0 spiro atoms. The van der Waals surface area contributed by atoms with Gasteiger partial charge in [-0.05, 0) is 50.2 Å². The van der Waals surface area contributed by atoms with Crippen LogP contribution in [0.5, 0.6) is 0 Å². The Labute approximate surface area is 138 Å². The lowest BCUT2D eigenvalue weighted by molar-refractivity contribution is -0.152. The Hall–Kier alpha value is -1.84. The van der Waals surface area contributed by atoms with Gasteiger partial charge in [-0.25, -0.2) is 0 Å². The second kappa shape index (κ2) is 8.14. The van der Waals surface area contributed by atoms with Crippen LogP contribution >= 0.6 is 0 Å². The lowest BCUT2D eigenvalue weighted by Crippen LogP contribution is -2.29. The summed E-state index contributed by atoms with van der Waals surface area (Å²) in [6, 6.07) is 7.59. The molecule has 0 aromatic heterocycles. The number of benzene rings is 1. The van der Waals surface area contributed by atoms with E-state index in [1.807, 2.05) is 31.2 Å². The van der Waals surface area contributed by atoms with Gasteiger partial charge < -0.3 is 10.1 Å². The Morgan fingerprint density at radius 1 is 1.09 bits per heavy atom. The van der Waals surface area contributed by atoms with Crippen LogP contribution < -0.4 is 5.32 Å². The molecule has 1 aromatic carbocycles. The van der Waals surface area contributed by atoms with Crippen molar-refractivity contribution in [1.82, 2.24) is 0 Å². The van der Waals surface area contributed by atoms with Crippen molar-refractivity contribution in [3.05, 3.63) is 29.8 Å². The smallest absolute Gasteiger partial charge is 0.306 e. The highest BCUT2D eigenvalue weighted by molar-refractivity contribution is 5.92. The summed E-state index contributed by atoms with van der Waals surface area (Å²) in [5, 5.41) is 2.79. The van der Waals surface area contributed by atoms with Gasteiger partial charge in [-0.2, -0.15) is 0 Å². The summed E-state index contributed by atoms with van der Waals surface area (Å²) in [7, 11) is 0. The van der Waals surface area contributed by atoms with Crippen LogP contribution in [0.3, 0.4) is 0 Å². The summed E-state index contributed by atoms with van der Waals surface area (Å²) >= 11 is 0. The summed E-state index contributed by atoms with van der Waals surface area (Å²) in [5.41, 5.74) is 1.90. The molecule has 3 atom stereocenters. The number of hydrogen-bond acceptors (Lipinski definition) is 3. The minimum atomic E-state index is -0.268. The number of rotatable bonds is 5. The number of aryl methyl sites for hydroxylation is 1. The quantitative estimate of drug-likeness (QED) is 0.832. The maximum atomic E-state index is 11.9. The first-order chi connectivity index (χ1) is 10.9. The van der Waals surface area contributed by atoms with E-state index in [4.69, 9.17) is 4.74 Å². The zero-order valence-electron chi connectivity index (χ0n) is 14.3. The predicted octanol–water partition coefficient (Wildman–Crippen LogP) is 4.08. The molecule has 4 nitrogen and oxygen atoms in total. The highest BCUT2D eigenvalue weighted by Gasteiger charge is 2.27. The number of amides is 1. The molecule has 1 aliphatic carbocycles. The fraction of sp³-hybridized carbons (Fsp3) is 0.579. The van der Waals surface area contributed by atoms with Gasteiger partial charge in [-0.1, -0.05) is 31.5 Å². The Kier molecular flexibility index (Phi) is 6.20. The largest absolute Gasteiger partial charge is 0.462 e. The summed E-state index contributed by atoms with van der Waals surface area (Å²) in [4.78, 5) is 23.8. The lowest BCUT2D eigenvalue weighted by Gasteiger charge is -2.31. The maximum Gasteiger partial charge on any atom is 0.306 e. The second-order valence-electron chi connectivity index (χ2n) is 6.79. The zero-order valence-corrected chi connectivity index (χ0v) is 14.3. The van der Waals surface area contributed by atoms with E-state index in [0.717, 1.165) is 30.5 Å². The maximum absolute atomic E-state index is 11.9. The molecule has 2 rings (SSSR count). The average molecular weight is 317 g/mol. The van der Waals surface area contributed by atoms with E-state index in [0.29, 0.717) is 11.8 Å². The van der Waals surface area contributed by atoms with Gasteiger partial charge in [0.2, 0.25) is 5.91 Å². The SMILES string of the molecule is Cc1ccc(NC(=O)CCC(=O)OC2CCC(C)C(C)C2)cc1. The van der Waals surface area contributed by atoms with Crippen molar-refractivity contribution in [3.8, 4) is 0 Å². The van der Waals surface area contributed by atoms with E-state index in [2.05, 4.69) is 19.2 Å². The fourth-order valence-electron chi connectivity index (χ4n) is 2.93. The third kappa shape index (κ3) is 5.70. The average Bonchev–Trinajstić information content (AvgIpc) is 2.51. The summed E-state index contributed by atoms with van der Waals surface area (Å²) in [6.45, 7) is 6.45. The van der Waals surface area contributed by atoms with Crippen LogP contribution in [-0.4, -0.2) is 18.0 Å². The van der Waals surface area contributed by atoms with Gasteiger partial charge in [0, 0.05) is 12.1 Å². The van der Waals surface area contributed by atoms with Gasteiger partial charge in [0.25, 0.3) is 0 Å². The Bertz CT molecular complexity index is 538. The van der Waals surface area contributed by atoms with E-state index in [9.17, 15) is 9.59 Å². The second-order valence-corrected chi connectivity index (χ2v) is 6.79. The van der Waals surface area contributed by atoms with Crippen LogP contribution in [0.2, 0.25) is 0 Å². The third-order valence-corrected chi connectivity index (χ3v) is 4.74. The van der Waals surface area contributed by atoms with Crippen molar-refractivity contribution < 1.29 is 14.3 Å². The van der Waals surface area contributed by atoms with Crippen molar-refractivity contribution in [3.63, 3.8) is 0 Å². The Balaban J connectivity index is 1.69. The Morgan fingerprint density at radius 3 is 2.43 bits per heavy atom. The van der Waals surface area contributed by atoms with Crippen molar-refractivity contribution in [2.24, 2.45) is 11.8 Å². The minimum Gasteiger partial charge on any atom is -0.462 e. The number of hydrogen-bond donors (Lipinski definition) is 1. The minimum absolute atomic E-state index is 0.0221. The molecule has 1 saturated carbocycles. The number of nitrogens with one attached hydrogen (secondary N) is 1. The van der Waals surface area contributed by atoms with E-state index >= 15 is 0 Å². The van der Waals surface area contributed by atoms with Crippen LogP contribution in [0.15, 0.2) is 24.3 Å². The number of carbonyl (C=O) groups is 2. The number of ether oxygens (including phenoxy) is 1. The molecule has 1 aliphatic rings. The van der Waals surface area contributed by atoms with Crippen LogP contribution in [0.4, 0.5) is 5.69 Å². The number of anilines is 1. The van der Waals surface area contributed by atoms with Crippen molar-refractivity contribution in [1.29, 1.82) is 0 Å². The predicted molar refractivity (Wildman–Crippen MR) is 91.1 cm³/mol. The van der Waals surface area contributed by atoms with Gasteiger partial charge in [-0.15, -0.1) is 0 Å². The Morgan fingerprint density at radius 2 is 1.78 bits per heavy atom. The molecule has 0 saturated heterocycles. The first kappa shape index (κ1) is 17.5. The summed E-state index contributed by atoms with van der Waals surface area (Å²) in [5.74, 6) is 0.865. The normalized spacial score (nSPS) is 24.0. The lowest BCUT2D eigenvalue weighted by atomic mass is 9.80. The topological polar surface area (TPSA) is 55.4 Å². The van der Waals surface area contributed by atoms with Gasteiger partial charge >= 0.3 is 5.97 Å². The van der Waals surface area contributed by atoms with E-state index in [-0.39, 0.29) is 30.8 Å². The molecule has 3 unspecified atom stereocenters. The van der Waals surface area contributed by atoms with Crippen LogP contribution in [0, 0.1) is 18.8 Å². The van der Waals surface area contributed by atoms with Crippen molar-refractivity contribution in [2.75, 3.05) is 5.32 Å². The van der Waals surface area contributed by atoms with Crippen LogP contribution in [-0.2, 0) is 14.3 Å². The standard InChI is InChI=1S/C19H27NO3/c1-13-4-7-16(8-5-13)20-18(21)10-11-19(22)23-17-9-6-14(2)15(3)12-17/h4-5,7-8,14-15,17H,6,9-12H2,1-3H3,(H,20,21). The molecule has 0 radical (unpaired) electrons. The molecule has 0 bridgehead atoms. The summed E-state index contributed by atoms with van der Waals surface area (Å²) < 4.78 is 5.51. The highest BCUT2D eigenvalue weighted by Crippen LogP contribution is 2.31. The number of carbonyl (C=O) groups excluding carboxylic acids is 2. The first-order valence-corrected chi connectivity index (χ1v) is 8.50. The molecule has 126 valence electrons. The molecular formula is C19H27NO3. The molecule has 0 heterocycles. The molecule has 0 aliphatic heterocycles. The highest BCUT2D eigenvalue weighted by atomic mass is 16.5. The molecule has 1 fully saturated rings. The van der Waals surface area contributed by atoms with Crippen LogP contribution in [0.1, 0.15) is 51.5 Å². The zero-order chi connectivity index (χ0) is 16.8. The monoisotopic (exact) mass is 317 g/mol. The van der Waals surface area contributed by atoms with Gasteiger partial charge in [0.15, 0.2) is 0 Å². The van der Waals surface area contributed by atoms with Gasteiger partial charge in [-0.3, -0.25) is 9.59 Å². The van der Waals surface area contributed by atoms with E-state index in [1.165, 1.54) is 0 Å². The fourth-order valence-corrected chi connectivity index (χ4v) is 2.93. The summed E-state index contributed by atoms with van der Waals surface area (Å²) in [6.07, 6.45) is 3.29. The molecule has 23 heavy (non-hydrogen) atoms.